The summed E-state index contributed by atoms with van der Waals surface area (Å²) in [7, 11) is 1.52. The lowest BCUT2D eigenvalue weighted by Crippen LogP contribution is -2.33. The zero-order valence-corrected chi connectivity index (χ0v) is 23.1. The van der Waals surface area contributed by atoms with Crippen molar-refractivity contribution in [3.8, 4) is 22.5 Å². The van der Waals surface area contributed by atoms with Crippen LogP contribution in [0.5, 0.6) is 0 Å². The van der Waals surface area contributed by atoms with Crippen LogP contribution < -0.4 is 15.5 Å². The van der Waals surface area contributed by atoms with Crippen LogP contribution in [0.15, 0.2) is 95.4 Å². The van der Waals surface area contributed by atoms with Crippen molar-refractivity contribution in [2.75, 3.05) is 17.3 Å². The van der Waals surface area contributed by atoms with Crippen LogP contribution in [0.1, 0.15) is 40.5 Å². The summed E-state index contributed by atoms with van der Waals surface area (Å²) in [6.45, 7) is 1.41. The summed E-state index contributed by atoms with van der Waals surface area (Å²) in [6, 6.07) is 26.1. The van der Waals surface area contributed by atoms with E-state index < -0.39 is 5.82 Å². The zero-order chi connectivity index (χ0) is 29.4. The lowest BCUT2D eigenvalue weighted by Gasteiger charge is -2.23. The Morgan fingerprint density at radius 3 is 2.29 bits per heavy atom. The van der Waals surface area contributed by atoms with Gasteiger partial charge >= 0.3 is 0 Å². The van der Waals surface area contributed by atoms with E-state index in [1.807, 2.05) is 41.3 Å². The van der Waals surface area contributed by atoms with Gasteiger partial charge in [-0.15, -0.1) is 0 Å². The standard InChI is InChI=1S/C34H28FN3O4/c1-20(39)37-29-19-30-28(31(33(40)36-2)32(42-30)21-11-13-24(35)14-12-21)18-27(29)22-7-6-8-23(17-22)34(41)38(26-15-16-26)25-9-4-3-5-10-25/h3-14,17-19,26H,15-16H2,1-2H3,(H,36,40)(H,37,39). The number of anilines is 2. The van der Waals surface area contributed by atoms with Crippen LogP contribution in [-0.2, 0) is 4.79 Å². The van der Waals surface area contributed by atoms with E-state index in [-0.39, 0.29) is 35.1 Å². The summed E-state index contributed by atoms with van der Waals surface area (Å²) in [6.07, 6.45) is 1.89. The molecule has 0 saturated heterocycles. The lowest BCUT2D eigenvalue weighted by molar-refractivity contribution is -0.114. The van der Waals surface area contributed by atoms with Gasteiger partial charge in [0.15, 0.2) is 0 Å². The molecule has 8 heteroatoms. The average molecular weight is 562 g/mol. The normalized spacial score (nSPS) is 12.6. The van der Waals surface area contributed by atoms with Crippen molar-refractivity contribution in [3.05, 3.63) is 108 Å². The maximum absolute atomic E-state index is 13.8. The summed E-state index contributed by atoms with van der Waals surface area (Å²) in [5, 5.41) is 6.04. The van der Waals surface area contributed by atoms with Crippen LogP contribution in [0.25, 0.3) is 33.4 Å². The minimum absolute atomic E-state index is 0.110. The molecule has 0 spiro atoms. The minimum atomic E-state index is -0.409. The second kappa shape index (κ2) is 11.0. The molecule has 2 N–H and O–H groups in total. The molecule has 1 fully saturated rings. The highest BCUT2D eigenvalue weighted by atomic mass is 19.1. The molecule has 5 aromatic rings. The molecule has 1 aliphatic carbocycles. The maximum atomic E-state index is 13.8. The van der Waals surface area contributed by atoms with Gasteiger partial charge in [0.1, 0.15) is 17.2 Å². The van der Waals surface area contributed by atoms with Crippen molar-refractivity contribution in [2.24, 2.45) is 0 Å². The van der Waals surface area contributed by atoms with Crippen LogP contribution in [0.4, 0.5) is 15.8 Å². The number of amides is 3. The smallest absolute Gasteiger partial charge is 0.258 e. The fraction of sp³-hybridized carbons (Fsp3) is 0.147. The number of hydrogen-bond acceptors (Lipinski definition) is 4. The molecule has 3 amide bonds. The molecule has 0 atom stereocenters. The Morgan fingerprint density at radius 2 is 1.62 bits per heavy atom. The highest BCUT2D eigenvalue weighted by Gasteiger charge is 2.34. The number of rotatable bonds is 7. The summed E-state index contributed by atoms with van der Waals surface area (Å²) < 4.78 is 19.8. The molecule has 42 heavy (non-hydrogen) atoms. The van der Waals surface area contributed by atoms with Gasteiger partial charge in [0.2, 0.25) is 5.91 Å². The number of fused-ring (bicyclic) bond motifs is 1. The first-order chi connectivity index (χ1) is 20.3. The average Bonchev–Trinajstić information content (AvgIpc) is 3.76. The van der Waals surface area contributed by atoms with E-state index in [1.54, 1.807) is 42.5 Å². The second-order valence-corrected chi connectivity index (χ2v) is 10.3. The Balaban J connectivity index is 1.50. The second-order valence-electron chi connectivity index (χ2n) is 10.3. The zero-order valence-electron chi connectivity index (χ0n) is 23.1. The Hall–Kier alpha value is -5.24. The monoisotopic (exact) mass is 561 g/mol. The quantitative estimate of drug-likeness (QED) is 0.223. The third-order valence-corrected chi connectivity index (χ3v) is 7.29. The van der Waals surface area contributed by atoms with E-state index in [0.29, 0.717) is 38.9 Å². The van der Waals surface area contributed by atoms with Crippen molar-refractivity contribution in [3.63, 3.8) is 0 Å². The maximum Gasteiger partial charge on any atom is 0.258 e. The molecular formula is C34H28FN3O4. The molecule has 1 heterocycles. The molecule has 1 aliphatic rings. The Labute approximate surface area is 242 Å². The van der Waals surface area contributed by atoms with Gasteiger partial charge in [-0.2, -0.15) is 0 Å². The number of nitrogens with one attached hydrogen (secondary N) is 2. The predicted molar refractivity (Wildman–Crippen MR) is 161 cm³/mol. The van der Waals surface area contributed by atoms with E-state index in [0.717, 1.165) is 18.5 Å². The molecule has 210 valence electrons. The van der Waals surface area contributed by atoms with Crippen molar-refractivity contribution >= 4 is 40.1 Å². The topological polar surface area (TPSA) is 91.6 Å². The summed E-state index contributed by atoms with van der Waals surface area (Å²) in [5.74, 6) is -0.904. The van der Waals surface area contributed by atoms with Crippen molar-refractivity contribution in [1.29, 1.82) is 0 Å². The van der Waals surface area contributed by atoms with Gasteiger partial charge in [0.05, 0.1) is 11.3 Å². The largest absolute Gasteiger partial charge is 0.455 e. The Kier molecular flexibility index (Phi) is 7.04. The first-order valence-corrected chi connectivity index (χ1v) is 13.7. The molecule has 0 radical (unpaired) electrons. The molecule has 1 saturated carbocycles. The Morgan fingerprint density at radius 1 is 0.881 bits per heavy atom. The Bertz CT molecular complexity index is 1830. The third-order valence-electron chi connectivity index (χ3n) is 7.29. The predicted octanol–water partition coefficient (Wildman–Crippen LogP) is 7.03. The lowest BCUT2D eigenvalue weighted by atomic mass is 9.97. The van der Waals surface area contributed by atoms with Crippen molar-refractivity contribution < 1.29 is 23.2 Å². The summed E-state index contributed by atoms with van der Waals surface area (Å²) in [4.78, 5) is 41.0. The highest BCUT2D eigenvalue weighted by molar-refractivity contribution is 6.14. The number of nitrogens with zero attached hydrogens (tertiary/aromatic N) is 1. The fourth-order valence-electron chi connectivity index (χ4n) is 5.20. The van der Waals surface area contributed by atoms with Crippen LogP contribution >= 0.6 is 0 Å². The van der Waals surface area contributed by atoms with Crippen LogP contribution in [0.3, 0.4) is 0 Å². The number of furan rings is 1. The first-order valence-electron chi connectivity index (χ1n) is 13.7. The van der Waals surface area contributed by atoms with E-state index in [2.05, 4.69) is 10.6 Å². The van der Waals surface area contributed by atoms with Crippen LogP contribution in [0, 0.1) is 5.82 Å². The van der Waals surface area contributed by atoms with Crippen molar-refractivity contribution in [2.45, 2.75) is 25.8 Å². The van der Waals surface area contributed by atoms with Gasteiger partial charge in [-0.3, -0.25) is 14.4 Å². The summed E-state index contributed by atoms with van der Waals surface area (Å²) in [5.41, 5.74) is 4.29. The molecular weight excluding hydrogens is 533 g/mol. The van der Waals surface area contributed by atoms with E-state index in [4.69, 9.17) is 4.42 Å². The molecule has 6 rings (SSSR count). The van der Waals surface area contributed by atoms with Gasteiger partial charge in [0, 0.05) is 53.8 Å². The van der Waals surface area contributed by atoms with Crippen molar-refractivity contribution in [1.82, 2.24) is 5.32 Å². The number of benzene rings is 4. The highest BCUT2D eigenvalue weighted by Crippen LogP contribution is 2.40. The number of carbonyl (C=O) groups is 3. The molecule has 0 aliphatic heterocycles. The number of carbonyl (C=O) groups excluding carboxylic acids is 3. The number of halogens is 1. The molecule has 1 aromatic heterocycles. The van der Waals surface area contributed by atoms with E-state index in [1.165, 1.54) is 26.1 Å². The van der Waals surface area contributed by atoms with Gasteiger partial charge in [-0.05, 0) is 73.0 Å². The van der Waals surface area contributed by atoms with E-state index in [9.17, 15) is 18.8 Å². The van der Waals surface area contributed by atoms with Gasteiger partial charge < -0.3 is 20.0 Å². The van der Waals surface area contributed by atoms with Crippen LogP contribution in [0.2, 0.25) is 0 Å². The molecule has 0 bridgehead atoms. The summed E-state index contributed by atoms with van der Waals surface area (Å²) >= 11 is 0. The first kappa shape index (κ1) is 27.0. The van der Waals surface area contributed by atoms with Gasteiger partial charge in [-0.25, -0.2) is 4.39 Å². The molecule has 7 nitrogen and oxygen atoms in total. The number of hydrogen-bond donors (Lipinski definition) is 2. The van der Waals surface area contributed by atoms with Gasteiger partial charge in [-0.1, -0.05) is 30.3 Å². The number of para-hydroxylation sites is 1. The van der Waals surface area contributed by atoms with Crippen LogP contribution in [-0.4, -0.2) is 30.8 Å². The van der Waals surface area contributed by atoms with Gasteiger partial charge in [0.25, 0.3) is 11.8 Å². The van der Waals surface area contributed by atoms with E-state index >= 15 is 0 Å². The molecule has 4 aromatic carbocycles. The minimum Gasteiger partial charge on any atom is -0.455 e. The molecule has 0 unspecified atom stereocenters. The third kappa shape index (κ3) is 5.14. The SMILES string of the molecule is CNC(=O)c1c(-c2ccc(F)cc2)oc2cc(NC(C)=O)c(-c3cccc(C(=O)N(c4ccccc4)C4CC4)c3)cc12. The fourth-order valence-corrected chi connectivity index (χ4v) is 5.20.